The molecule has 3 unspecified atom stereocenters. The molecule has 0 aromatic heterocycles. The lowest BCUT2D eigenvalue weighted by atomic mass is 9.89. The lowest BCUT2D eigenvalue weighted by molar-refractivity contribution is -0.141. The monoisotopic (exact) mass is 311 g/mol. The average Bonchev–Trinajstić information content (AvgIpc) is 2.51. The molecule has 2 fully saturated rings. The molecule has 5 nitrogen and oxygen atoms in total. The van der Waals surface area contributed by atoms with E-state index in [1.54, 1.807) is 0 Å². The molecule has 0 spiro atoms. The average molecular weight is 311 g/mol. The maximum absolute atomic E-state index is 12.3. The molecule has 126 valence electrons. The molecule has 1 amide bonds. The smallest absolute Gasteiger partial charge is 0.303 e. The number of carbonyl (C=O) groups excluding carboxylic acids is 1. The van der Waals surface area contributed by atoms with Gasteiger partial charge in [0.05, 0.1) is 6.10 Å². The molecule has 0 aromatic rings. The Bertz CT molecular complexity index is 385. The van der Waals surface area contributed by atoms with Gasteiger partial charge in [-0.25, -0.2) is 0 Å². The van der Waals surface area contributed by atoms with Crippen LogP contribution < -0.4 is 0 Å². The number of aliphatic carboxylic acids is 1. The zero-order chi connectivity index (χ0) is 15.9. The Morgan fingerprint density at radius 2 is 2.05 bits per heavy atom. The van der Waals surface area contributed by atoms with Crippen LogP contribution in [0, 0.1) is 11.8 Å². The third-order valence-corrected chi connectivity index (χ3v) is 4.97. The van der Waals surface area contributed by atoms with E-state index in [9.17, 15) is 9.59 Å². The van der Waals surface area contributed by atoms with E-state index in [4.69, 9.17) is 9.84 Å². The first-order chi connectivity index (χ1) is 10.5. The molecule has 3 atom stereocenters. The van der Waals surface area contributed by atoms with Crippen LogP contribution in [-0.2, 0) is 14.3 Å². The van der Waals surface area contributed by atoms with E-state index in [2.05, 4.69) is 6.92 Å². The summed E-state index contributed by atoms with van der Waals surface area (Å²) in [6.07, 6.45) is 7.69. The predicted molar refractivity (Wildman–Crippen MR) is 83.5 cm³/mol. The molecule has 0 bridgehead atoms. The van der Waals surface area contributed by atoms with Crippen molar-refractivity contribution < 1.29 is 19.4 Å². The van der Waals surface area contributed by atoms with Gasteiger partial charge in [0.15, 0.2) is 0 Å². The normalized spacial score (nSPS) is 29.3. The Labute approximate surface area is 133 Å². The molecule has 1 saturated heterocycles. The van der Waals surface area contributed by atoms with Gasteiger partial charge in [0, 0.05) is 19.5 Å². The molecule has 1 aliphatic carbocycles. The van der Waals surface area contributed by atoms with Crippen molar-refractivity contribution >= 4 is 11.9 Å². The summed E-state index contributed by atoms with van der Waals surface area (Å²) in [5.74, 6) is 0.337. The Morgan fingerprint density at radius 3 is 2.77 bits per heavy atom. The van der Waals surface area contributed by atoms with Crippen LogP contribution in [0.15, 0.2) is 0 Å². The lowest BCUT2D eigenvalue weighted by Crippen LogP contribution is -2.42. The number of hydrogen-bond acceptors (Lipinski definition) is 3. The van der Waals surface area contributed by atoms with Gasteiger partial charge in [0.25, 0.3) is 0 Å². The van der Waals surface area contributed by atoms with Crippen molar-refractivity contribution in [2.45, 2.75) is 64.4 Å². The molecule has 0 aromatic carbocycles. The Kier molecular flexibility index (Phi) is 6.68. The standard InChI is InChI=1S/C17H29NO4/c1-13-4-2-6-15(10-13)22-12-16(19)18-9-3-5-14(11-18)7-8-17(20)21/h13-15H,2-12H2,1H3,(H,20,21). The molecular formula is C17H29NO4. The van der Waals surface area contributed by atoms with Gasteiger partial charge in [-0.15, -0.1) is 0 Å². The number of amides is 1. The quantitative estimate of drug-likeness (QED) is 0.819. The van der Waals surface area contributed by atoms with Crippen molar-refractivity contribution in [3.63, 3.8) is 0 Å². The van der Waals surface area contributed by atoms with E-state index in [1.807, 2.05) is 4.90 Å². The maximum Gasteiger partial charge on any atom is 0.303 e. The van der Waals surface area contributed by atoms with E-state index in [0.29, 0.717) is 24.8 Å². The zero-order valence-electron chi connectivity index (χ0n) is 13.6. The topological polar surface area (TPSA) is 66.8 Å². The van der Waals surface area contributed by atoms with Crippen LogP contribution in [0.5, 0.6) is 0 Å². The summed E-state index contributed by atoms with van der Waals surface area (Å²) in [6.45, 7) is 3.90. The molecule has 0 radical (unpaired) electrons. The fourth-order valence-corrected chi connectivity index (χ4v) is 3.67. The fourth-order valence-electron chi connectivity index (χ4n) is 3.67. The summed E-state index contributed by atoms with van der Waals surface area (Å²) in [5.41, 5.74) is 0. The number of likely N-dealkylation sites (tertiary alicyclic amines) is 1. The molecule has 2 rings (SSSR count). The lowest BCUT2D eigenvalue weighted by Gasteiger charge is -2.33. The van der Waals surface area contributed by atoms with Gasteiger partial charge < -0.3 is 14.7 Å². The highest BCUT2D eigenvalue weighted by Gasteiger charge is 2.25. The molecule has 5 heteroatoms. The number of carboxylic acids is 1. The Balaban J connectivity index is 1.70. The molecular weight excluding hydrogens is 282 g/mol. The largest absolute Gasteiger partial charge is 0.481 e. The van der Waals surface area contributed by atoms with Crippen LogP contribution in [0.3, 0.4) is 0 Å². The van der Waals surface area contributed by atoms with Crippen LogP contribution in [0.2, 0.25) is 0 Å². The number of piperidine rings is 1. The summed E-state index contributed by atoms with van der Waals surface area (Å²) in [7, 11) is 0. The number of carbonyl (C=O) groups is 2. The number of rotatable bonds is 6. The minimum absolute atomic E-state index is 0.0678. The molecule has 1 saturated carbocycles. The third-order valence-electron chi connectivity index (χ3n) is 4.97. The van der Waals surface area contributed by atoms with Crippen LogP contribution in [0.1, 0.15) is 58.3 Å². The highest BCUT2D eigenvalue weighted by Crippen LogP contribution is 2.26. The third kappa shape index (κ3) is 5.59. The van der Waals surface area contributed by atoms with Crippen molar-refractivity contribution in [1.29, 1.82) is 0 Å². The predicted octanol–water partition coefficient (Wildman–Crippen LogP) is 2.69. The molecule has 1 N–H and O–H groups in total. The van der Waals surface area contributed by atoms with E-state index in [1.165, 1.54) is 12.8 Å². The number of carboxylic acid groups (broad SMARTS) is 1. The molecule has 1 aliphatic heterocycles. The first kappa shape index (κ1) is 17.3. The van der Waals surface area contributed by atoms with Gasteiger partial charge in [-0.3, -0.25) is 9.59 Å². The number of ether oxygens (including phenoxy) is 1. The second-order valence-corrected chi connectivity index (χ2v) is 6.99. The summed E-state index contributed by atoms with van der Waals surface area (Å²) in [5, 5.41) is 8.77. The van der Waals surface area contributed by atoms with Gasteiger partial charge in [-0.1, -0.05) is 19.8 Å². The summed E-state index contributed by atoms with van der Waals surface area (Å²) >= 11 is 0. The minimum atomic E-state index is -0.752. The molecule has 1 heterocycles. The van der Waals surface area contributed by atoms with E-state index in [-0.39, 0.29) is 25.0 Å². The number of nitrogens with zero attached hydrogens (tertiary/aromatic N) is 1. The van der Waals surface area contributed by atoms with Crippen LogP contribution in [0.25, 0.3) is 0 Å². The summed E-state index contributed by atoms with van der Waals surface area (Å²) < 4.78 is 5.82. The first-order valence-corrected chi connectivity index (χ1v) is 8.65. The van der Waals surface area contributed by atoms with Crippen molar-refractivity contribution in [3.05, 3.63) is 0 Å². The Morgan fingerprint density at radius 1 is 1.23 bits per heavy atom. The van der Waals surface area contributed by atoms with Crippen LogP contribution >= 0.6 is 0 Å². The van der Waals surface area contributed by atoms with Crippen molar-refractivity contribution in [1.82, 2.24) is 4.90 Å². The Hall–Kier alpha value is -1.10. The molecule has 2 aliphatic rings. The summed E-state index contributed by atoms with van der Waals surface area (Å²) in [4.78, 5) is 24.8. The van der Waals surface area contributed by atoms with Crippen molar-refractivity contribution in [2.24, 2.45) is 11.8 Å². The fraction of sp³-hybridized carbons (Fsp3) is 0.882. The number of hydrogen-bond donors (Lipinski definition) is 1. The highest BCUT2D eigenvalue weighted by molar-refractivity contribution is 5.77. The van der Waals surface area contributed by atoms with Gasteiger partial charge >= 0.3 is 5.97 Å². The van der Waals surface area contributed by atoms with Gasteiger partial charge in [0.1, 0.15) is 6.61 Å². The SMILES string of the molecule is CC1CCCC(OCC(=O)N2CCCC(CCC(=O)O)C2)C1. The zero-order valence-corrected chi connectivity index (χ0v) is 13.6. The van der Waals surface area contributed by atoms with Crippen molar-refractivity contribution in [3.8, 4) is 0 Å². The second-order valence-electron chi connectivity index (χ2n) is 6.99. The van der Waals surface area contributed by atoms with Crippen molar-refractivity contribution in [2.75, 3.05) is 19.7 Å². The second kappa shape index (κ2) is 8.51. The van der Waals surface area contributed by atoms with E-state index >= 15 is 0 Å². The van der Waals surface area contributed by atoms with Gasteiger partial charge in [-0.2, -0.15) is 0 Å². The highest BCUT2D eigenvalue weighted by atomic mass is 16.5. The van der Waals surface area contributed by atoms with Crippen LogP contribution in [0.4, 0.5) is 0 Å². The molecule has 22 heavy (non-hydrogen) atoms. The maximum atomic E-state index is 12.3. The van der Waals surface area contributed by atoms with Gasteiger partial charge in [0.2, 0.25) is 5.91 Å². The summed E-state index contributed by atoms with van der Waals surface area (Å²) in [6, 6.07) is 0. The first-order valence-electron chi connectivity index (χ1n) is 8.65. The minimum Gasteiger partial charge on any atom is -0.481 e. The van der Waals surface area contributed by atoms with E-state index in [0.717, 1.165) is 32.2 Å². The van der Waals surface area contributed by atoms with Crippen LogP contribution in [-0.4, -0.2) is 47.7 Å². The van der Waals surface area contributed by atoms with Gasteiger partial charge in [-0.05, 0) is 43.9 Å². The van der Waals surface area contributed by atoms with E-state index < -0.39 is 5.97 Å².